The van der Waals surface area contributed by atoms with Crippen LogP contribution in [0.5, 0.6) is 11.5 Å². The van der Waals surface area contributed by atoms with Crippen LogP contribution in [0.25, 0.3) is 10.9 Å². The number of benzene rings is 3. The van der Waals surface area contributed by atoms with Gasteiger partial charge in [-0.25, -0.2) is 9.97 Å². The van der Waals surface area contributed by atoms with Crippen LogP contribution >= 0.6 is 0 Å². The third kappa shape index (κ3) is 6.83. The first-order valence-corrected chi connectivity index (χ1v) is 13.1. The summed E-state index contributed by atoms with van der Waals surface area (Å²) < 4.78 is 17.0. The number of rotatable bonds is 10. The van der Waals surface area contributed by atoms with Crippen LogP contribution in [-0.4, -0.2) is 67.3 Å². The zero-order valence-electron chi connectivity index (χ0n) is 22.2. The summed E-state index contributed by atoms with van der Waals surface area (Å²) in [6.45, 7) is 5.01. The number of amides is 1. The summed E-state index contributed by atoms with van der Waals surface area (Å²) in [5.74, 6) is 1.41. The molecule has 2 heterocycles. The van der Waals surface area contributed by atoms with Gasteiger partial charge in [0.25, 0.3) is 5.91 Å². The summed E-state index contributed by atoms with van der Waals surface area (Å²) >= 11 is 0. The first kappa shape index (κ1) is 26.9. The fourth-order valence-electron chi connectivity index (χ4n) is 4.37. The Morgan fingerprint density at radius 1 is 1.07 bits per heavy atom. The molecule has 1 saturated heterocycles. The van der Waals surface area contributed by atoms with Crippen LogP contribution in [0.1, 0.15) is 22.3 Å². The van der Waals surface area contributed by atoms with Gasteiger partial charge in [-0.3, -0.25) is 9.69 Å². The molecule has 0 radical (unpaired) electrons. The Balaban J connectivity index is 1.24. The van der Waals surface area contributed by atoms with Gasteiger partial charge in [-0.15, -0.1) is 0 Å². The van der Waals surface area contributed by atoms with Crippen LogP contribution < -0.4 is 20.1 Å². The van der Waals surface area contributed by atoms with Crippen LogP contribution in [0.15, 0.2) is 66.9 Å². The Labute approximate surface area is 232 Å². The van der Waals surface area contributed by atoms with Gasteiger partial charge >= 0.3 is 0 Å². The summed E-state index contributed by atoms with van der Waals surface area (Å²) in [5.41, 5.74) is 3.00. The Morgan fingerprint density at radius 2 is 1.88 bits per heavy atom. The summed E-state index contributed by atoms with van der Waals surface area (Å²) in [6.07, 6.45) is 2.63. The van der Waals surface area contributed by atoms with Crippen LogP contribution in [0, 0.1) is 11.3 Å². The Hall–Kier alpha value is -4.72. The van der Waals surface area contributed by atoms with Gasteiger partial charge in [-0.1, -0.05) is 6.07 Å². The summed E-state index contributed by atoms with van der Waals surface area (Å²) in [7, 11) is 1.62. The van der Waals surface area contributed by atoms with Gasteiger partial charge in [0.1, 0.15) is 0 Å². The average molecular weight is 539 g/mol. The lowest BCUT2D eigenvalue weighted by atomic mass is 10.1. The van der Waals surface area contributed by atoms with E-state index in [1.807, 2.05) is 30.3 Å². The van der Waals surface area contributed by atoms with Crippen LogP contribution in [0.4, 0.5) is 17.3 Å². The highest BCUT2D eigenvalue weighted by Crippen LogP contribution is 2.32. The maximum atomic E-state index is 12.6. The molecule has 1 amide bonds. The molecule has 0 atom stereocenters. The summed E-state index contributed by atoms with van der Waals surface area (Å²) in [4.78, 5) is 24.1. The molecule has 1 fully saturated rings. The highest BCUT2D eigenvalue weighted by molar-refractivity contribution is 6.04. The molecule has 0 spiro atoms. The molecule has 0 unspecified atom stereocenters. The first-order valence-electron chi connectivity index (χ1n) is 13.1. The van der Waals surface area contributed by atoms with Gasteiger partial charge in [-0.2, -0.15) is 5.26 Å². The zero-order valence-corrected chi connectivity index (χ0v) is 22.2. The van der Waals surface area contributed by atoms with E-state index in [4.69, 9.17) is 19.5 Å². The van der Waals surface area contributed by atoms with E-state index >= 15 is 0 Å². The van der Waals surface area contributed by atoms with Gasteiger partial charge in [0.05, 0.1) is 44.1 Å². The van der Waals surface area contributed by atoms with E-state index in [9.17, 15) is 4.79 Å². The maximum Gasteiger partial charge on any atom is 0.255 e. The number of nitrogens with one attached hydrogen (secondary N) is 2. The minimum absolute atomic E-state index is 0.269. The molecular weight excluding hydrogens is 508 g/mol. The number of carbonyl (C=O) groups excluding carboxylic acids is 1. The minimum Gasteiger partial charge on any atom is -0.493 e. The lowest BCUT2D eigenvalue weighted by Crippen LogP contribution is -2.37. The molecule has 1 aliphatic rings. The van der Waals surface area contributed by atoms with E-state index in [0.717, 1.165) is 44.7 Å². The largest absolute Gasteiger partial charge is 0.493 e. The number of hydrogen-bond donors (Lipinski definition) is 2. The van der Waals surface area contributed by atoms with E-state index in [1.165, 1.54) is 0 Å². The second kappa shape index (κ2) is 12.9. The van der Waals surface area contributed by atoms with Crippen LogP contribution in [-0.2, 0) is 4.74 Å². The number of nitriles is 1. The van der Waals surface area contributed by atoms with E-state index in [1.54, 1.807) is 49.7 Å². The van der Waals surface area contributed by atoms with Crippen molar-refractivity contribution in [2.24, 2.45) is 0 Å². The quantitative estimate of drug-likeness (QED) is 0.279. The summed E-state index contributed by atoms with van der Waals surface area (Å²) in [6, 6.07) is 19.5. The molecule has 0 saturated carbocycles. The van der Waals surface area contributed by atoms with E-state index in [2.05, 4.69) is 25.5 Å². The Kier molecular flexibility index (Phi) is 8.66. The smallest absolute Gasteiger partial charge is 0.255 e. The topological polar surface area (TPSA) is 122 Å². The van der Waals surface area contributed by atoms with Crippen molar-refractivity contribution < 1.29 is 19.0 Å². The van der Waals surface area contributed by atoms with Crippen molar-refractivity contribution in [3.05, 3.63) is 78.0 Å². The number of carbonyl (C=O) groups is 1. The minimum atomic E-state index is -0.269. The Bertz CT molecular complexity index is 1510. The predicted octanol–water partition coefficient (Wildman–Crippen LogP) is 4.61. The average Bonchev–Trinajstić information content (AvgIpc) is 2.99. The molecule has 0 aliphatic carbocycles. The van der Waals surface area contributed by atoms with Gasteiger partial charge in [0, 0.05) is 54.2 Å². The third-order valence-electron chi connectivity index (χ3n) is 6.50. The van der Waals surface area contributed by atoms with Crippen molar-refractivity contribution in [3.63, 3.8) is 0 Å². The molecule has 10 heteroatoms. The normalized spacial score (nSPS) is 13.4. The number of fused-ring (bicyclic) bond motifs is 1. The van der Waals surface area contributed by atoms with Crippen molar-refractivity contribution in [2.45, 2.75) is 6.42 Å². The number of anilines is 3. The molecule has 1 aromatic heterocycles. The second-order valence-electron chi connectivity index (χ2n) is 9.26. The third-order valence-corrected chi connectivity index (χ3v) is 6.50. The second-order valence-corrected chi connectivity index (χ2v) is 9.26. The van der Waals surface area contributed by atoms with Gasteiger partial charge < -0.3 is 24.8 Å². The number of aromatic nitrogens is 2. The number of nitrogens with zero attached hydrogens (tertiary/aromatic N) is 4. The maximum absolute atomic E-state index is 12.6. The lowest BCUT2D eigenvalue weighted by Gasteiger charge is -2.26. The molecular formula is C30H30N6O4. The van der Waals surface area contributed by atoms with Crippen molar-refractivity contribution in [1.29, 1.82) is 5.26 Å². The summed E-state index contributed by atoms with van der Waals surface area (Å²) in [5, 5.41) is 15.9. The molecule has 10 nitrogen and oxygen atoms in total. The highest BCUT2D eigenvalue weighted by atomic mass is 16.5. The lowest BCUT2D eigenvalue weighted by molar-refractivity contribution is 0.0357. The molecule has 1 aliphatic heterocycles. The van der Waals surface area contributed by atoms with Gasteiger partial charge in [0.15, 0.2) is 11.5 Å². The van der Waals surface area contributed by atoms with E-state index < -0.39 is 0 Å². The van der Waals surface area contributed by atoms with Crippen molar-refractivity contribution in [1.82, 2.24) is 14.9 Å². The highest BCUT2D eigenvalue weighted by Gasteiger charge is 2.13. The van der Waals surface area contributed by atoms with Crippen molar-refractivity contribution in [2.75, 3.05) is 57.2 Å². The van der Waals surface area contributed by atoms with Crippen LogP contribution in [0.2, 0.25) is 0 Å². The molecule has 40 heavy (non-hydrogen) atoms. The fourth-order valence-corrected chi connectivity index (χ4v) is 4.37. The molecule has 5 rings (SSSR count). The molecule has 204 valence electrons. The van der Waals surface area contributed by atoms with Gasteiger partial charge in [-0.05, 0) is 55.0 Å². The fraction of sp³-hybridized carbons (Fsp3) is 0.267. The van der Waals surface area contributed by atoms with Gasteiger partial charge in [0.2, 0.25) is 5.95 Å². The standard InChI is InChI=1S/C30H30N6O4/c1-38-27-16-23-20-32-30(35-26(23)18-28(27)40-13-3-10-36-11-14-39-15-12-36)34-25-5-2-4-24(17-25)33-29(37)22-8-6-21(19-31)7-9-22/h2,4-9,16-18,20H,3,10-15H2,1H3,(H,33,37)(H,32,34,35). The van der Waals surface area contributed by atoms with E-state index in [-0.39, 0.29) is 5.91 Å². The number of methoxy groups -OCH3 is 1. The number of hydrogen-bond acceptors (Lipinski definition) is 9. The Morgan fingerprint density at radius 3 is 2.65 bits per heavy atom. The molecule has 3 aromatic carbocycles. The van der Waals surface area contributed by atoms with E-state index in [0.29, 0.717) is 52.1 Å². The zero-order chi connectivity index (χ0) is 27.7. The first-order chi connectivity index (χ1) is 19.6. The number of morpholine rings is 1. The predicted molar refractivity (Wildman–Crippen MR) is 152 cm³/mol. The van der Waals surface area contributed by atoms with Crippen molar-refractivity contribution in [3.8, 4) is 17.6 Å². The molecule has 0 bridgehead atoms. The van der Waals surface area contributed by atoms with Crippen LogP contribution in [0.3, 0.4) is 0 Å². The number of ether oxygens (including phenoxy) is 3. The monoisotopic (exact) mass is 538 g/mol. The molecule has 2 N–H and O–H groups in total. The SMILES string of the molecule is COc1cc2cnc(Nc3cccc(NC(=O)c4ccc(C#N)cc4)c3)nc2cc1OCCCN1CCOCC1. The molecule has 4 aromatic rings. The van der Waals surface area contributed by atoms with Crippen molar-refractivity contribution >= 4 is 34.1 Å².